The molecule has 3 rings (SSSR count). The van der Waals surface area contributed by atoms with Gasteiger partial charge in [0.15, 0.2) is 5.43 Å². The van der Waals surface area contributed by atoms with E-state index in [-0.39, 0.29) is 46.7 Å². The molecular weight excluding hydrogens is 564 g/mol. The summed E-state index contributed by atoms with van der Waals surface area (Å²) in [5.41, 5.74) is -0.0954. The molecule has 1 N–H and O–H groups in total. The monoisotopic (exact) mass is 585 g/mol. The zero-order valence-corrected chi connectivity index (χ0v) is 20.7. The van der Waals surface area contributed by atoms with Crippen molar-refractivity contribution in [1.29, 1.82) is 0 Å². The zero-order chi connectivity index (χ0) is 24.0. The minimum absolute atomic E-state index is 0.00387. The Balaban J connectivity index is 1.55. The topological polar surface area (TPSA) is 90.9 Å². The summed E-state index contributed by atoms with van der Waals surface area (Å²) in [6.07, 6.45) is -0.653. The quantitative estimate of drug-likeness (QED) is 0.0988. The number of fused-ring (bicyclic) bond motifs is 2. The van der Waals surface area contributed by atoms with Gasteiger partial charge in [-0.1, -0.05) is 41.3 Å². The van der Waals surface area contributed by atoms with Gasteiger partial charge in [-0.05, 0) is 31.2 Å². The number of ether oxygens (including phenoxy) is 3. The normalized spacial score (nSPS) is 11.7. The number of rotatable bonds is 9. The minimum Gasteiger partial charge on any atom is -0.491 e. The molecule has 1 amide bonds. The van der Waals surface area contributed by atoms with E-state index in [4.69, 9.17) is 14.2 Å². The van der Waals surface area contributed by atoms with Crippen LogP contribution in [-0.2, 0) is 14.3 Å². The molecule has 1 unspecified atom stereocenters. The number of amides is 1. The average molecular weight is 585 g/mol. The molecule has 0 radical (unpaired) electrons. The Morgan fingerprint density at radius 3 is 2.70 bits per heavy atom. The highest BCUT2D eigenvalue weighted by Crippen LogP contribution is 2.33. The summed E-state index contributed by atoms with van der Waals surface area (Å²) in [6.45, 7) is 5.35. The van der Waals surface area contributed by atoms with Crippen molar-refractivity contribution in [2.24, 2.45) is 0 Å². The fraction of sp³-hybridized carbons (Fsp3) is 0.261. The number of nitrogens with one attached hydrogen (secondary N) is 1. The van der Waals surface area contributed by atoms with Crippen molar-refractivity contribution in [2.45, 2.75) is 10.8 Å². The highest BCUT2D eigenvalue weighted by molar-refractivity contribution is 14.1. The van der Waals surface area contributed by atoms with Gasteiger partial charge in [0, 0.05) is 15.7 Å². The van der Waals surface area contributed by atoms with Crippen LogP contribution in [0.25, 0.3) is 20.2 Å². The van der Waals surface area contributed by atoms with Crippen LogP contribution in [0, 0.1) is 5.82 Å². The predicted octanol–water partition coefficient (Wildman–Crippen LogP) is 4.58. The molecule has 2 aromatic carbocycles. The van der Waals surface area contributed by atoms with Crippen LogP contribution in [0.5, 0.6) is 5.75 Å². The van der Waals surface area contributed by atoms with Gasteiger partial charge in [0.1, 0.15) is 31.4 Å². The Morgan fingerprint density at radius 2 is 1.94 bits per heavy atom. The van der Waals surface area contributed by atoms with Gasteiger partial charge in [-0.2, -0.15) is 0 Å². The molecule has 174 valence electrons. The summed E-state index contributed by atoms with van der Waals surface area (Å²) >= 11 is 3.36. The molecule has 0 aliphatic heterocycles. The third-order valence-corrected chi connectivity index (χ3v) is 6.31. The van der Waals surface area contributed by atoms with Crippen molar-refractivity contribution >= 4 is 66.2 Å². The number of hydrogen-bond donors (Lipinski definition) is 1. The van der Waals surface area contributed by atoms with Crippen LogP contribution in [0.2, 0.25) is 0 Å². The van der Waals surface area contributed by atoms with Gasteiger partial charge in [-0.15, -0.1) is 11.3 Å². The van der Waals surface area contributed by atoms with Crippen LogP contribution < -0.4 is 15.5 Å². The maximum atomic E-state index is 14.4. The lowest BCUT2D eigenvalue weighted by Gasteiger charge is -2.14. The molecule has 1 atom stereocenters. The van der Waals surface area contributed by atoms with E-state index in [1.807, 2.05) is 12.1 Å². The summed E-state index contributed by atoms with van der Waals surface area (Å²) in [5.74, 6) is -0.727. The fourth-order valence-electron chi connectivity index (χ4n) is 2.82. The first-order valence-corrected chi connectivity index (χ1v) is 12.0. The molecule has 1 aromatic heterocycles. The van der Waals surface area contributed by atoms with E-state index in [1.165, 1.54) is 30.4 Å². The Hall–Kier alpha value is -2.73. The number of esters is 1. The molecule has 0 fully saturated rings. The third-order valence-electron chi connectivity index (χ3n) is 4.41. The number of alkyl carbamates (subject to hydrolysis) is 1. The molecule has 10 heteroatoms. The van der Waals surface area contributed by atoms with Crippen LogP contribution in [0.15, 0.2) is 53.3 Å². The molecule has 0 spiro atoms. The second-order valence-corrected chi connectivity index (χ2v) is 9.84. The van der Waals surface area contributed by atoms with Crippen molar-refractivity contribution in [3.63, 3.8) is 0 Å². The van der Waals surface area contributed by atoms with Gasteiger partial charge in [0.2, 0.25) is 0 Å². The van der Waals surface area contributed by atoms with E-state index in [2.05, 4.69) is 34.5 Å². The van der Waals surface area contributed by atoms with E-state index < -0.39 is 17.9 Å². The van der Waals surface area contributed by atoms with E-state index in [0.717, 1.165) is 4.70 Å². The molecule has 3 aromatic rings. The van der Waals surface area contributed by atoms with Gasteiger partial charge in [0.25, 0.3) is 0 Å². The highest BCUT2D eigenvalue weighted by Gasteiger charge is 2.16. The van der Waals surface area contributed by atoms with Crippen molar-refractivity contribution in [3.05, 3.63) is 64.6 Å². The Kier molecular flexibility index (Phi) is 8.61. The van der Waals surface area contributed by atoms with Crippen molar-refractivity contribution < 1.29 is 28.2 Å². The second-order valence-electron chi connectivity index (χ2n) is 7.03. The predicted molar refractivity (Wildman–Crippen MR) is 134 cm³/mol. The average Bonchev–Trinajstić information content (AvgIpc) is 2.79. The summed E-state index contributed by atoms with van der Waals surface area (Å²) < 4.78 is 31.2. The molecule has 0 saturated carbocycles. The van der Waals surface area contributed by atoms with E-state index in [1.54, 1.807) is 12.1 Å². The van der Waals surface area contributed by atoms with Crippen LogP contribution >= 0.6 is 33.9 Å². The van der Waals surface area contributed by atoms with Crippen LogP contribution in [-0.4, -0.2) is 42.4 Å². The Morgan fingerprint density at radius 1 is 1.18 bits per heavy atom. The van der Waals surface area contributed by atoms with Crippen LogP contribution in [0.1, 0.15) is 6.92 Å². The van der Waals surface area contributed by atoms with Crippen LogP contribution in [0.3, 0.4) is 0 Å². The second kappa shape index (κ2) is 11.4. The lowest BCUT2D eigenvalue weighted by atomic mass is 10.1. The summed E-state index contributed by atoms with van der Waals surface area (Å²) in [4.78, 5) is 35.8. The number of alkyl halides is 1. The third kappa shape index (κ3) is 6.41. The minimum atomic E-state index is -0.653. The first-order valence-electron chi connectivity index (χ1n) is 9.92. The first kappa shape index (κ1) is 24.9. The van der Waals surface area contributed by atoms with Gasteiger partial charge in [-0.3, -0.25) is 4.79 Å². The lowest BCUT2D eigenvalue weighted by Crippen LogP contribution is -2.31. The zero-order valence-electron chi connectivity index (χ0n) is 17.7. The van der Waals surface area contributed by atoms with Crippen molar-refractivity contribution in [1.82, 2.24) is 5.32 Å². The first-order chi connectivity index (χ1) is 15.8. The van der Waals surface area contributed by atoms with Gasteiger partial charge < -0.3 is 19.5 Å². The Labute approximate surface area is 206 Å². The largest absolute Gasteiger partial charge is 0.491 e. The molecule has 7 nitrogen and oxygen atoms in total. The van der Waals surface area contributed by atoms with Crippen molar-refractivity contribution in [3.8, 4) is 5.75 Å². The molecule has 0 aliphatic carbocycles. The van der Waals surface area contributed by atoms with Crippen LogP contribution in [0.4, 0.5) is 9.18 Å². The molecule has 0 aliphatic rings. The fourth-order valence-corrected chi connectivity index (χ4v) is 4.34. The standard InChI is InChI=1S/C23H21FINO6S/c1-13(2)22(28)30-10-9-26-23(29)32-12-14(25)11-31-17-8-7-16(24)19-20(27)15-5-3-4-6-18(15)33-21(17)19/h3-8,14H,1,9-12H2,2H3,(H,26,29). The molecule has 1 heterocycles. The highest BCUT2D eigenvalue weighted by atomic mass is 127. The number of halogens is 2. The van der Waals surface area contributed by atoms with Gasteiger partial charge in [-0.25, -0.2) is 14.0 Å². The number of hydrogen-bond acceptors (Lipinski definition) is 7. The molecule has 0 bridgehead atoms. The number of carbonyl (C=O) groups excluding carboxylic acids is 2. The molecular formula is C23H21FINO6S. The maximum absolute atomic E-state index is 14.4. The van der Waals surface area contributed by atoms with Crippen molar-refractivity contribution in [2.75, 3.05) is 26.4 Å². The van der Waals surface area contributed by atoms with E-state index >= 15 is 0 Å². The molecule has 33 heavy (non-hydrogen) atoms. The number of carbonyl (C=O) groups is 2. The summed E-state index contributed by atoms with van der Waals surface area (Å²) in [7, 11) is 0. The lowest BCUT2D eigenvalue weighted by molar-refractivity contribution is -0.138. The maximum Gasteiger partial charge on any atom is 0.407 e. The van der Waals surface area contributed by atoms with E-state index in [0.29, 0.717) is 15.8 Å². The Bertz CT molecular complexity index is 1260. The molecule has 0 saturated heterocycles. The smallest absolute Gasteiger partial charge is 0.407 e. The van der Waals surface area contributed by atoms with E-state index in [9.17, 15) is 18.8 Å². The summed E-state index contributed by atoms with van der Waals surface area (Å²) in [5, 5.41) is 2.94. The van der Waals surface area contributed by atoms with Gasteiger partial charge >= 0.3 is 12.1 Å². The number of benzene rings is 2. The SMILES string of the molecule is C=C(C)C(=O)OCCNC(=O)OCC(I)COc1ccc(F)c2c(=O)c3ccccc3sc12. The van der Waals surface area contributed by atoms with Gasteiger partial charge in [0.05, 0.1) is 20.6 Å². The summed E-state index contributed by atoms with van der Waals surface area (Å²) in [6, 6.07) is 9.75.